The predicted molar refractivity (Wildman–Crippen MR) is 336 cm³/mol. The van der Waals surface area contributed by atoms with Crippen LogP contribution in [0.3, 0.4) is 0 Å². The summed E-state index contributed by atoms with van der Waals surface area (Å²) in [6.07, 6.45) is 3.61. The van der Waals surface area contributed by atoms with E-state index < -0.39 is 55.2 Å². The lowest BCUT2D eigenvalue weighted by Crippen LogP contribution is -2.61. The standard InChI is InChI=1S/C65H109BrO14Si3/c1-18-83(19-2,20-3)70-32-24-27-46-33-41(4)43(6)52(72-46)38-53-50(56(69-13)54(75-53)37-49(80-82(16,17)64(10,11)12)40-71-81(14,15)63(7,8)9)36-45(67)35-47-28-29-51-57(73-47)61-60-59(76-51)58-55(77-60)39-65(78-58,79-61)31-30-48(34-42(5)66)74-62(68)44-25-22-21-23-26-44/h21-23,25-26,41,45-61,67H,5-6,18-20,24,27-40H2,1-4,7-17H3/t41?,45?,46?,47?,48-,49?,50?,51?,52?,53-,54?,55?,56+,57-,58?,59-,60?,61?,65-/m0/s1. The monoisotopic (exact) mass is 1280 g/mol. The van der Waals surface area contributed by atoms with Crippen LogP contribution in [0.2, 0.25) is 54.4 Å². The molecule has 8 aliphatic heterocycles. The SMILES string of the molecule is C=C(Br)C[C@H](CC[C@@]12CC3OC4C(O1)[C@H]1OC(CC(O)CC5[C@@H](OC)C(CC(CO[Si](C)(C)C(C)(C)C)O[Si](C)(C)C(C)(C)C)O[C@H]5CC5OC(CCCO[Si](CC)(CC)CC)CC(C)C5=C)CCC1O[C@H]4C3O2)OC(=O)c1ccccc1. The van der Waals surface area contributed by atoms with Crippen molar-refractivity contribution in [1.29, 1.82) is 0 Å². The van der Waals surface area contributed by atoms with Gasteiger partial charge in [0, 0.05) is 51.7 Å². The third-order valence-electron chi connectivity index (χ3n) is 21.3. The van der Waals surface area contributed by atoms with Gasteiger partial charge in [-0.15, -0.1) is 0 Å². The van der Waals surface area contributed by atoms with Crippen LogP contribution in [-0.4, -0.2) is 160 Å². The molecule has 18 heteroatoms. The summed E-state index contributed by atoms with van der Waals surface area (Å²) in [4.78, 5) is 13.3. The Kier molecular flexibility index (Phi) is 22.8. The number of hydrogen-bond acceptors (Lipinski definition) is 14. The molecule has 0 aromatic heterocycles. The molecule has 1 aromatic rings. The molecule has 8 fully saturated rings. The molecule has 8 heterocycles. The molecular formula is C65H109BrO14Si3. The van der Waals surface area contributed by atoms with Crippen molar-refractivity contribution in [3.63, 3.8) is 0 Å². The van der Waals surface area contributed by atoms with Gasteiger partial charge in [-0.25, -0.2) is 4.79 Å². The third kappa shape index (κ3) is 16.1. The van der Waals surface area contributed by atoms with Crippen molar-refractivity contribution in [3.05, 3.63) is 59.1 Å². The molecule has 6 bridgehead atoms. The van der Waals surface area contributed by atoms with Crippen LogP contribution in [0.1, 0.15) is 163 Å². The van der Waals surface area contributed by atoms with Gasteiger partial charge in [0.25, 0.3) is 0 Å². The van der Waals surface area contributed by atoms with E-state index in [0.29, 0.717) is 69.5 Å². The zero-order valence-electron chi connectivity index (χ0n) is 53.6. The minimum atomic E-state index is -2.26. The predicted octanol–water partition coefficient (Wildman–Crippen LogP) is 14.1. The Hall–Kier alpha value is -1.18. The Balaban J connectivity index is 0.981. The molecule has 14 nitrogen and oxygen atoms in total. The van der Waals surface area contributed by atoms with Crippen molar-refractivity contribution in [1.82, 2.24) is 0 Å². The van der Waals surface area contributed by atoms with Crippen molar-refractivity contribution in [2.24, 2.45) is 11.8 Å². The van der Waals surface area contributed by atoms with Crippen LogP contribution >= 0.6 is 15.9 Å². The number of carbonyl (C=O) groups excluding carboxylic acids is 1. The smallest absolute Gasteiger partial charge is 0.338 e. The van der Waals surface area contributed by atoms with Crippen LogP contribution in [0.25, 0.3) is 0 Å². The summed E-state index contributed by atoms with van der Waals surface area (Å²) in [6, 6.07) is 12.5. The highest BCUT2D eigenvalue weighted by Crippen LogP contribution is 2.55. The largest absolute Gasteiger partial charge is 0.458 e. The summed E-state index contributed by atoms with van der Waals surface area (Å²) in [5.74, 6) is -1.21. The molecule has 9 rings (SSSR count). The highest BCUT2D eigenvalue weighted by atomic mass is 79.9. The van der Waals surface area contributed by atoms with E-state index in [1.54, 1.807) is 19.2 Å². The zero-order valence-corrected chi connectivity index (χ0v) is 58.1. The van der Waals surface area contributed by atoms with Gasteiger partial charge in [-0.3, -0.25) is 0 Å². The van der Waals surface area contributed by atoms with E-state index in [2.05, 4.69) is 125 Å². The second-order valence-corrected chi connectivity index (χ2v) is 44.4. The number of benzene rings is 1. The van der Waals surface area contributed by atoms with Crippen LogP contribution in [-0.2, 0) is 55.9 Å². The maximum atomic E-state index is 13.3. The summed E-state index contributed by atoms with van der Waals surface area (Å²) in [7, 11) is -4.29. The van der Waals surface area contributed by atoms with Crippen LogP contribution in [0.4, 0.5) is 0 Å². The van der Waals surface area contributed by atoms with Crippen LogP contribution in [0, 0.1) is 11.8 Å². The zero-order chi connectivity index (χ0) is 60.5. The van der Waals surface area contributed by atoms with E-state index in [-0.39, 0.29) is 95.2 Å². The Labute approximate surface area is 511 Å². The summed E-state index contributed by atoms with van der Waals surface area (Å²) in [5.41, 5.74) is 1.60. The number of ether oxygens (including phenoxy) is 9. The van der Waals surface area contributed by atoms with E-state index in [1.807, 2.05) is 18.2 Å². The van der Waals surface area contributed by atoms with Crippen molar-refractivity contribution in [2.45, 2.75) is 311 Å². The molecule has 0 amide bonds. The molecular weight excluding hydrogens is 1170 g/mol. The molecule has 8 aliphatic rings. The number of methoxy groups -OCH3 is 1. The fourth-order valence-corrected chi connectivity index (χ4v) is 19.4. The molecule has 13 unspecified atom stereocenters. The summed E-state index contributed by atoms with van der Waals surface area (Å²) in [6.45, 7) is 42.1. The number of esters is 1. The van der Waals surface area contributed by atoms with Crippen LogP contribution in [0.5, 0.6) is 0 Å². The molecule has 1 N–H and O–H groups in total. The first kappa shape index (κ1) is 67.7. The van der Waals surface area contributed by atoms with Crippen molar-refractivity contribution in [3.8, 4) is 0 Å². The number of halogens is 1. The first-order chi connectivity index (χ1) is 39.0. The van der Waals surface area contributed by atoms with Gasteiger partial charge in [-0.1, -0.05) is 117 Å². The number of rotatable bonds is 29. The number of carbonyl (C=O) groups is 1. The summed E-state index contributed by atoms with van der Waals surface area (Å²) >= 11 is 3.52. The lowest BCUT2D eigenvalue weighted by Gasteiger charge is -2.47. The molecule has 8 saturated heterocycles. The Morgan fingerprint density at radius 2 is 1.46 bits per heavy atom. The van der Waals surface area contributed by atoms with Gasteiger partial charge in [0.05, 0.1) is 73.2 Å². The van der Waals surface area contributed by atoms with E-state index in [0.717, 1.165) is 66.9 Å². The van der Waals surface area contributed by atoms with Gasteiger partial charge in [0.1, 0.15) is 36.6 Å². The fraction of sp³-hybridized carbons (Fsp3) is 0.831. The van der Waals surface area contributed by atoms with Crippen molar-refractivity contribution in [2.75, 3.05) is 20.3 Å². The summed E-state index contributed by atoms with van der Waals surface area (Å²) in [5, 5.41) is 12.5. The maximum Gasteiger partial charge on any atom is 0.338 e. The van der Waals surface area contributed by atoms with Crippen molar-refractivity contribution >= 4 is 46.9 Å². The molecule has 1 aromatic carbocycles. The fourth-order valence-electron chi connectivity index (χ4n) is 13.9. The molecule has 19 atom stereocenters. The van der Waals surface area contributed by atoms with Gasteiger partial charge in [-0.05, 0) is 134 Å². The summed E-state index contributed by atoms with van der Waals surface area (Å²) < 4.78 is 83.6. The molecule has 0 radical (unpaired) electrons. The van der Waals surface area contributed by atoms with Crippen molar-refractivity contribution < 1.29 is 65.8 Å². The number of aliphatic hydroxyl groups is 1. The Morgan fingerprint density at radius 1 is 0.795 bits per heavy atom. The minimum absolute atomic E-state index is 0.00952. The van der Waals surface area contributed by atoms with E-state index >= 15 is 0 Å². The van der Waals surface area contributed by atoms with Crippen LogP contribution in [0.15, 0.2) is 53.5 Å². The topological polar surface area (TPSA) is 148 Å². The van der Waals surface area contributed by atoms with Gasteiger partial charge < -0.3 is 61.0 Å². The first-order valence-corrected chi connectivity index (χ1v) is 41.2. The second kappa shape index (κ2) is 27.9. The lowest BCUT2D eigenvalue weighted by atomic mass is 9.81. The molecule has 0 spiro atoms. The highest BCUT2D eigenvalue weighted by Gasteiger charge is 2.69. The van der Waals surface area contributed by atoms with Gasteiger partial charge >= 0.3 is 5.97 Å². The Bertz CT molecular complexity index is 2280. The number of aliphatic hydroxyl groups excluding tert-OH is 1. The van der Waals surface area contributed by atoms with Gasteiger partial charge in [0.2, 0.25) is 0 Å². The van der Waals surface area contributed by atoms with Gasteiger partial charge in [0.15, 0.2) is 30.7 Å². The highest BCUT2D eigenvalue weighted by molar-refractivity contribution is 9.11. The lowest BCUT2D eigenvalue weighted by molar-refractivity contribution is -0.294. The second-order valence-electron chi connectivity index (χ2n) is 28.9. The Morgan fingerprint density at radius 3 is 2.11 bits per heavy atom. The molecule has 83 heavy (non-hydrogen) atoms. The third-order valence-corrected chi connectivity index (χ3v) is 35.3. The van der Waals surface area contributed by atoms with E-state index in [9.17, 15) is 9.90 Å². The molecule has 0 saturated carbocycles. The minimum Gasteiger partial charge on any atom is -0.458 e. The van der Waals surface area contributed by atoms with E-state index in [4.69, 9.17) is 55.9 Å². The quantitative estimate of drug-likeness (QED) is 0.0351. The number of hydrogen-bond donors (Lipinski definition) is 1. The average molecular weight is 1280 g/mol. The normalized spacial score (nSPS) is 34.8. The molecule has 0 aliphatic carbocycles. The molecule has 472 valence electrons. The average Bonchev–Trinajstić information content (AvgIpc) is 1.66. The first-order valence-electron chi connectivity index (χ1n) is 32.1. The number of fused-ring (bicyclic) bond motifs is 1. The van der Waals surface area contributed by atoms with E-state index in [1.165, 1.54) is 0 Å². The van der Waals surface area contributed by atoms with Crippen LogP contribution < -0.4 is 0 Å². The maximum absolute atomic E-state index is 13.3. The van der Waals surface area contributed by atoms with Gasteiger partial charge in [-0.2, -0.15) is 0 Å².